The van der Waals surface area contributed by atoms with Crippen LogP contribution in [-0.2, 0) is 9.53 Å². The quantitative estimate of drug-likeness (QED) is 0.573. The largest absolute Gasteiger partial charge is 0.372 e. The highest BCUT2D eigenvalue weighted by Gasteiger charge is 2.36. The Kier molecular flexibility index (Phi) is 2.15. The molecular formula is C9H15NO2. The van der Waals surface area contributed by atoms with E-state index in [-0.39, 0.29) is 5.60 Å². The van der Waals surface area contributed by atoms with Crippen molar-refractivity contribution in [1.29, 1.82) is 0 Å². The Bertz CT molecular complexity index is 173. The SMILES string of the molecule is O=C1CCC2(CC1)CNCCO2. The molecule has 2 rings (SSSR count). The lowest BCUT2D eigenvalue weighted by Gasteiger charge is -2.40. The van der Waals surface area contributed by atoms with Gasteiger partial charge in [-0.1, -0.05) is 0 Å². The van der Waals surface area contributed by atoms with E-state index in [4.69, 9.17) is 4.74 Å². The molecule has 3 nitrogen and oxygen atoms in total. The molecule has 68 valence electrons. The van der Waals surface area contributed by atoms with E-state index in [1.54, 1.807) is 0 Å². The number of ether oxygens (including phenoxy) is 1. The summed E-state index contributed by atoms with van der Waals surface area (Å²) in [5.74, 6) is 0.398. The van der Waals surface area contributed by atoms with Gasteiger partial charge in [-0.05, 0) is 12.8 Å². The maximum atomic E-state index is 11.0. The van der Waals surface area contributed by atoms with E-state index in [1.165, 1.54) is 0 Å². The maximum Gasteiger partial charge on any atom is 0.133 e. The average Bonchev–Trinajstić information content (AvgIpc) is 2.13. The minimum absolute atomic E-state index is 0.00611. The van der Waals surface area contributed by atoms with Crippen molar-refractivity contribution in [2.45, 2.75) is 31.3 Å². The van der Waals surface area contributed by atoms with Crippen molar-refractivity contribution in [1.82, 2.24) is 5.32 Å². The van der Waals surface area contributed by atoms with Crippen LogP contribution in [0.2, 0.25) is 0 Å². The van der Waals surface area contributed by atoms with Gasteiger partial charge in [0.1, 0.15) is 5.78 Å². The van der Waals surface area contributed by atoms with Crippen molar-refractivity contribution in [3.8, 4) is 0 Å². The van der Waals surface area contributed by atoms with E-state index >= 15 is 0 Å². The van der Waals surface area contributed by atoms with Crippen molar-refractivity contribution in [3.63, 3.8) is 0 Å². The molecular weight excluding hydrogens is 154 g/mol. The molecule has 1 aliphatic carbocycles. The van der Waals surface area contributed by atoms with Crippen molar-refractivity contribution in [3.05, 3.63) is 0 Å². The lowest BCUT2D eigenvalue weighted by molar-refractivity contribution is -0.132. The van der Waals surface area contributed by atoms with Gasteiger partial charge in [-0.2, -0.15) is 0 Å². The number of hydrogen-bond acceptors (Lipinski definition) is 3. The van der Waals surface area contributed by atoms with Crippen LogP contribution in [0.5, 0.6) is 0 Å². The van der Waals surface area contributed by atoms with Gasteiger partial charge < -0.3 is 10.1 Å². The Morgan fingerprint density at radius 1 is 1.33 bits per heavy atom. The lowest BCUT2D eigenvalue weighted by atomic mass is 9.83. The van der Waals surface area contributed by atoms with Gasteiger partial charge in [-0.25, -0.2) is 0 Å². The van der Waals surface area contributed by atoms with Crippen molar-refractivity contribution < 1.29 is 9.53 Å². The van der Waals surface area contributed by atoms with E-state index in [9.17, 15) is 4.79 Å². The molecule has 1 saturated heterocycles. The second kappa shape index (κ2) is 3.15. The highest BCUT2D eigenvalue weighted by molar-refractivity contribution is 5.79. The van der Waals surface area contributed by atoms with Crippen LogP contribution in [0.25, 0.3) is 0 Å². The summed E-state index contributed by atoms with van der Waals surface area (Å²) in [7, 11) is 0. The number of ketones is 1. The summed E-state index contributed by atoms with van der Waals surface area (Å²) in [4.78, 5) is 11.0. The number of carbonyl (C=O) groups is 1. The van der Waals surface area contributed by atoms with E-state index in [0.29, 0.717) is 18.6 Å². The monoisotopic (exact) mass is 169 g/mol. The second-order valence-corrected chi connectivity index (χ2v) is 3.75. The fourth-order valence-electron chi connectivity index (χ4n) is 2.01. The van der Waals surface area contributed by atoms with Crippen LogP contribution in [0.3, 0.4) is 0 Å². The van der Waals surface area contributed by atoms with Gasteiger partial charge in [0.2, 0.25) is 0 Å². The summed E-state index contributed by atoms with van der Waals surface area (Å²) in [5.41, 5.74) is 0.00611. The first-order valence-electron chi connectivity index (χ1n) is 4.67. The number of Topliss-reactive ketones (excluding diaryl/α,β-unsaturated/α-hetero) is 1. The van der Waals surface area contributed by atoms with Crippen molar-refractivity contribution in [2.75, 3.05) is 19.7 Å². The minimum atomic E-state index is 0.00611. The molecule has 0 atom stereocenters. The third kappa shape index (κ3) is 1.52. The molecule has 1 heterocycles. The molecule has 1 spiro atoms. The first kappa shape index (κ1) is 8.20. The van der Waals surface area contributed by atoms with Crippen LogP contribution in [0.15, 0.2) is 0 Å². The van der Waals surface area contributed by atoms with Gasteiger partial charge in [0, 0.05) is 25.9 Å². The maximum absolute atomic E-state index is 11.0. The number of carbonyl (C=O) groups excluding carboxylic acids is 1. The molecule has 1 saturated carbocycles. The van der Waals surface area contributed by atoms with E-state index < -0.39 is 0 Å². The Balaban J connectivity index is 1.96. The normalized spacial score (nSPS) is 29.2. The highest BCUT2D eigenvalue weighted by Crippen LogP contribution is 2.30. The molecule has 0 aromatic rings. The predicted molar refractivity (Wildman–Crippen MR) is 45.0 cm³/mol. The van der Waals surface area contributed by atoms with Crippen molar-refractivity contribution >= 4 is 5.78 Å². The molecule has 0 amide bonds. The summed E-state index contributed by atoms with van der Waals surface area (Å²) < 4.78 is 5.74. The first-order valence-corrected chi connectivity index (χ1v) is 4.67. The third-order valence-corrected chi connectivity index (χ3v) is 2.85. The Hall–Kier alpha value is -0.410. The van der Waals surface area contributed by atoms with E-state index in [0.717, 1.165) is 32.5 Å². The van der Waals surface area contributed by atoms with Crippen LogP contribution in [0, 0.1) is 0 Å². The zero-order valence-electron chi connectivity index (χ0n) is 7.27. The number of hydrogen-bond donors (Lipinski definition) is 1. The second-order valence-electron chi connectivity index (χ2n) is 3.75. The van der Waals surface area contributed by atoms with Crippen LogP contribution in [0.4, 0.5) is 0 Å². The zero-order chi connectivity index (χ0) is 8.44. The molecule has 2 aliphatic rings. The molecule has 0 aromatic heterocycles. The van der Waals surface area contributed by atoms with Gasteiger partial charge in [0.05, 0.1) is 12.2 Å². The van der Waals surface area contributed by atoms with Crippen LogP contribution < -0.4 is 5.32 Å². The molecule has 3 heteroatoms. The summed E-state index contributed by atoms with van der Waals surface area (Å²) >= 11 is 0. The molecule has 1 aliphatic heterocycles. The average molecular weight is 169 g/mol. The van der Waals surface area contributed by atoms with Gasteiger partial charge in [0.25, 0.3) is 0 Å². The fourth-order valence-corrected chi connectivity index (χ4v) is 2.01. The van der Waals surface area contributed by atoms with E-state index in [2.05, 4.69) is 5.32 Å². The van der Waals surface area contributed by atoms with Gasteiger partial charge in [-0.3, -0.25) is 4.79 Å². The van der Waals surface area contributed by atoms with Gasteiger partial charge in [-0.15, -0.1) is 0 Å². The summed E-state index contributed by atoms with van der Waals surface area (Å²) in [6.07, 6.45) is 3.25. The molecule has 0 unspecified atom stereocenters. The van der Waals surface area contributed by atoms with Gasteiger partial charge in [0.15, 0.2) is 0 Å². The highest BCUT2D eigenvalue weighted by atomic mass is 16.5. The fraction of sp³-hybridized carbons (Fsp3) is 0.889. The summed E-state index contributed by atoms with van der Waals surface area (Å²) in [6, 6.07) is 0. The molecule has 1 N–H and O–H groups in total. The molecule has 12 heavy (non-hydrogen) atoms. The first-order chi connectivity index (χ1) is 5.81. The van der Waals surface area contributed by atoms with E-state index in [1.807, 2.05) is 0 Å². The Labute approximate surface area is 72.5 Å². The topological polar surface area (TPSA) is 38.3 Å². The smallest absolute Gasteiger partial charge is 0.133 e. The molecule has 0 radical (unpaired) electrons. The molecule has 2 fully saturated rings. The van der Waals surface area contributed by atoms with Crippen LogP contribution in [0.1, 0.15) is 25.7 Å². The number of morpholine rings is 1. The van der Waals surface area contributed by atoms with Crippen LogP contribution >= 0.6 is 0 Å². The summed E-state index contributed by atoms with van der Waals surface area (Å²) in [6.45, 7) is 2.68. The van der Waals surface area contributed by atoms with Crippen LogP contribution in [-0.4, -0.2) is 31.1 Å². The third-order valence-electron chi connectivity index (χ3n) is 2.85. The Morgan fingerprint density at radius 2 is 2.08 bits per heavy atom. The summed E-state index contributed by atoms with van der Waals surface area (Å²) in [5, 5.41) is 3.32. The predicted octanol–water partition coefficient (Wildman–Crippen LogP) is 0.488. The Morgan fingerprint density at radius 3 is 2.67 bits per heavy atom. The standard InChI is InChI=1S/C9H15NO2/c11-8-1-3-9(4-2-8)7-10-5-6-12-9/h10H,1-7H2. The molecule has 0 bridgehead atoms. The zero-order valence-corrected chi connectivity index (χ0v) is 7.27. The molecule has 0 aromatic carbocycles. The number of nitrogens with one attached hydrogen (secondary N) is 1. The van der Waals surface area contributed by atoms with Gasteiger partial charge >= 0.3 is 0 Å². The lowest BCUT2D eigenvalue weighted by Crippen LogP contribution is -2.51. The number of rotatable bonds is 0. The minimum Gasteiger partial charge on any atom is -0.372 e. The van der Waals surface area contributed by atoms with Crippen molar-refractivity contribution in [2.24, 2.45) is 0 Å².